The summed E-state index contributed by atoms with van der Waals surface area (Å²) in [4.78, 5) is 3.14. The molecule has 5 heteroatoms. The first-order valence-electron chi connectivity index (χ1n) is 5.72. The Morgan fingerprint density at radius 2 is 2.21 bits per heavy atom. The summed E-state index contributed by atoms with van der Waals surface area (Å²) >= 11 is 5.75. The Balaban J connectivity index is 2.01. The van der Waals surface area contributed by atoms with E-state index in [1.807, 2.05) is 6.07 Å². The molecule has 1 N–H and O–H groups in total. The molecule has 0 saturated heterocycles. The molecule has 19 heavy (non-hydrogen) atoms. The van der Waals surface area contributed by atoms with Crippen LogP contribution < -0.4 is 0 Å². The minimum Gasteiger partial charge on any atom is -0.364 e. The molecule has 0 saturated carbocycles. The number of nitrogens with zero attached hydrogens (tertiary/aromatic N) is 1. The lowest BCUT2D eigenvalue weighted by atomic mass is 10.1. The van der Waals surface area contributed by atoms with Gasteiger partial charge in [0.15, 0.2) is 0 Å². The highest BCUT2D eigenvalue weighted by Gasteiger charge is 2.05. The molecule has 0 aliphatic carbocycles. The van der Waals surface area contributed by atoms with Gasteiger partial charge in [-0.1, -0.05) is 5.16 Å². The molecule has 2 heterocycles. The maximum atomic E-state index is 13.9. The highest BCUT2D eigenvalue weighted by atomic mass is 35.5. The van der Waals surface area contributed by atoms with E-state index in [4.69, 9.17) is 16.1 Å². The molecule has 3 nitrogen and oxygen atoms in total. The van der Waals surface area contributed by atoms with Crippen molar-refractivity contribution in [2.45, 2.75) is 5.88 Å². The normalized spacial score (nSPS) is 11.7. The summed E-state index contributed by atoms with van der Waals surface area (Å²) in [5.74, 6) is 0.0906. The van der Waals surface area contributed by atoms with Gasteiger partial charge in [-0.05, 0) is 30.4 Å². The van der Waals surface area contributed by atoms with Gasteiger partial charge in [-0.2, -0.15) is 0 Å². The molecule has 0 amide bonds. The first-order valence-corrected chi connectivity index (χ1v) is 6.25. The van der Waals surface area contributed by atoms with E-state index in [2.05, 4.69) is 10.1 Å². The van der Waals surface area contributed by atoms with Gasteiger partial charge in [0, 0.05) is 28.2 Å². The van der Waals surface area contributed by atoms with Crippen molar-refractivity contribution in [1.82, 2.24) is 10.1 Å². The lowest BCUT2D eigenvalue weighted by Gasteiger charge is -1.97. The minimum atomic E-state index is -0.285. The maximum absolute atomic E-state index is 13.9. The average molecular weight is 277 g/mol. The van der Waals surface area contributed by atoms with Gasteiger partial charge in [-0.3, -0.25) is 0 Å². The number of rotatable bonds is 3. The van der Waals surface area contributed by atoms with E-state index in [9.17, 15) is 4.39 Å². The van der Waals surface area contributed by atoms with Crippen LogP contribution in [-0.4, -0.2) is 10.1 Å². The topological polar surface area (TPSA) is 41.8 Å². The van der Waals surface area contributed by atoms with Gasteiger partial charge in [-0.15, -0.1) is 11.6 Å². The fourth-order valence-electron chi connectivity index (χ4n) is 1.91. The highest BCUT2D eigenvalue weighted by Crippen LogP contribution is 2.22. The zero-order valence-corrected chi connectivity index (χ0v) is 10.6. The van der Waals surface area contributed by atoms with E-state index in [0.717, 1.165) is 16.6 Å². The molecule has 0 bridgehead atoms. The van der Waals surface area contributed by atoms with Crippen LogP contribution in [0.3, 0.4) is 0 Å². The SMILES string of the molecule is Fc1cc2cc(CCl)[nH]c2cc1/C=C/c1ccon1. The van der Waals surface area contributed by atoms with Crippen LogP contribution in [0.15, 0.2) is 35.1 Å². The smallest absolute Gasteiger partial charge is 0.131 e. The van der Waals surface area contributed by atoms with Crippen molar-refractivity contribution in [3.8, 4) is 0 Å². The Bertz CT molecular complexity index is 731. The standard InChI is InChI=1S/C14H10ClFN2O/c15-8-12-5-10-6-13(16)9(7-14(10)17-12)1-2-11-3-4-19-18-11/h1-7,17H,8H2/b2-1+. The van der Waals surface area contributed by atoms with Crippen LogP contribution in [-0.2, 0) is 5.88 Å². The molecule has 0 aliphatic rings. The van der Waals surface area contributed by atoms with E-state index in [-0.39, 0.29) is 5.82 Å². The number of benzene rings is 1. The number of aromatic amines is 1. The van der Waals surface area contributed by atoms with Crippen LogP contribution in [0.5, 0.6) is 0 Å². The van der Waals surface area contributed by atoms with Crippen molar-refractivity contribution in [3.63, 3.8) is 0 Å². The van der Waals surface area contributed by atoms with E-state index in [1.54, 1.807) is 24.3 Å². The minimum absolute atomic E-state index is 0.285. The van der Waals surface area contributed by atoms with Crippen molar-refractivity contribution in [1.29, 1.82) is 0 Å². The van der Waals surface area contributed by atoms with Crippen molar-refractivity contribution in [2.75, 3.05) is 0 Å². The fraction of sp³-hybridized carbons (Fsp3) is 0.0714. The summed E-state index contributed by atoms with van der Waals surface area (Å²) in [5.41, 5.74) is 2.86. The quantitative estimate of drug-likeness (QED) is 0.728. The molecular formula is C14H10ClFN2O. The monoisotopic (exact) mass is 276 g/mol. The largest absolute Gasteiger partial charge is 0.364 e. The van der Waals surface area contributed by atoms with Gasteiger partial charge < -0.3 is 9.51 Å². The van der Waals surface area contributed by atoms with Gasteiger partial charge in [-0.25, -0.2) is 4.39 Å². The van der Waals surface area contributed by atoms with Crippen molar-refractivity contribution < 1.29 is 8.91 Å². The summed E-state index contributed by atoms with van der Waals surface area (Å²) < 4.78 is 18.6. The second kappa shape index (κ2) is 4.90. The number of alkyl halides is 1. The van der Waals surface area contributed by atoms with E-state index in [0.29, 0.717) is 17.1 Å². The number of aromatic nitrogens is 2. The summed E-state index contributed by atoms with van der Waals surface area (Å²) in [5, 5.41) is 4.54. The Hall–Kier alpha value is -2.07. The Morgan fingerprint density at radius 1 is 1.32 bits per heavy atom. The van der Waals surface area contributed by atoms with Gasteiger partial charge in [0.05, 0.1) is 5.88 Å². The van der Waals surface area contributed by atoms with Crippen molar-refractivity contribution >= 4 is 34.7 Å². The van der Waals surface area contributed by atoms with E-state index >= 15 is 0 Å². The fourth-order valence-corrected chi connectivity index (χ4v) is 2.06. The summed E-state index contributed by atoms with van der Waals surface area (Å²) in [6.07, 6.45) is 4.82. The van der Waals surface area contributed by atoms with E-state index < -0.39 is 0 Å². The Kier molecular flexibility index (Phi) is 3.09. The van der Waals surface area contributed by atoms with E-state index in [1.165, 1.54) is 12.3 Å². The predicted molar refractivity (Wildman–Crippen MR) is 73.2 cm³/mol. The number of fused-ring (bicyclic) bond motifs is 1. The molecule has 0 unspecified atom stereocenters. The van der Waals surface area contributed by atoms with Crippen LogP contribution in [0.4, 0.5) is 4.39 Å². The van der Waals surface area contributed by atoms with Crippen LogP contribution in [0, 0.1) is 5.82 Å². The molecule has 96 valence electrons. The first-order chi connectivity index (χ1) is 9.26. The van der Waals surface area contributed by atoms with Gasteiger partial charge in [0.25, 0.3) is 0 Å². The van der Waals surface area contributed by atoms with Crippen LogP contribution >= 0.6 is 11.6 Å². The summed E-state index contributed by atoms with van der Waals surface area (Å²) in [7, 11) is 0. The summed E-state index contributed by atoms with van der Waals surface area (Å²) in [6, 6.07) is 6.78. The zero-order chi connectivity index (χ0) is 13.2. The third-order valence-corrected chi connectivity index (χ3v) is 3.12. The van der Waals surface area contributed by atoms with Crippen LogP contribution in [0.25, 0.3) is 23.1 Å². The third-order valence-electron chi connectivity index (χ3n) is 2.83. The number of hydrogen-bond acceptors (Lipinski definition) is 2. The molecule has 0 aliphatic heterocycles. The predicted octanol–water partition coefficient (Wildman–Crippen LogP) is 4.20. The lowest BCUT2D eigenvalue weighted by molar-refractivity contribution is 0.418. The van der Waals surface area contributed by atoms with Crippen LogP contribution in [0.1, 0.15) is 17.0 Å². The zero-order valence-electron chi connectivity index (χ0n) is 9.86. The molecule has 0 spiro atoms. The Labute approximate surface area is 113 Å². The third kappa shape index (κ3) is 2.39. The number of nitrogens with one attached hydrogen (secondary N) is 1. The Morgan fingerprint density at radius 3 is 2.95 bits per heavy atom. The van der Waals surface area contributed by atoms with Gasteiger partial charge in [0.1, 0.15) is 17.8 Å². The molecule has 0 fully saturated rings. The second-order valence-electron chi connectivity index (χ2n) is 4.15. The van der Waals surface area contributed by atoms with Gasteiger partial charge >= 0.3 is 0 Å². The molecular weight excluding hydrogens is 267 g/mol. The first kappa shape index (κ1) is 12.0. The number of H-pyrrole nitrogens is 1. The highest BCUT2D eigenvalue weighted by molar-refractivity contribution is 6.17. The molecule has 0 radical (unpaired) electrons. The maximum Gasteiger partial charge on any atom is 0.131 e. The summed E-state index contributed by atoms with van der Waals surface area (Å²) in [6.45, 7) is 0. The molecule has 0 atom stereocenters. The second-order valence-corrected chi connectivity index (χ2v) is 4.41. The van der Waals surface area contributed by atoms with Crippen molar-refractivity contribution in [2.24, 2.45) is 0 Å². The molecule has 3 rings (SSSR count). The van der Waals surface area contributed by atoms with Crippen LogP contribution in [0.2, 0.25) is 0 Å². The number of hydrogen-bond donors (Lipinski definition) is 1. The molecule has 1 aromatic carbocycles. The number of halogens is 2. The average Bonchev–Trinajstić information content (AvgIpc) is 3.04. The lowest BCUT2D eigenvalue weighted by Crippen LogP contribution is -1.82. The molecule has 2 aromatic heterocycles. The van der Waals surface area contributed by atoms with Crippen molar-refractivity contribution in [3.05, 3.63) is 53.3 Å². The van der Waals surface area contributed by atoms with Gasteiger partial charge in [0.2, 0.25) is 0 Å². The molecule has 3 aromatic rings.